The Morgan fingerprint density at radius 1 is 1.00 bits per heavy atom. The molecule has 0 aliphatic heterocycles. The largest absolute Gasteiger partial charge is 0.308 e. The Labute approximate surface area is 106 Å². The lowest BCUT2D eigenvalue weighted by atomic mass is 10.4. The minimum Gasteiger partial charge on any atom is -0.257 e. The second-order valence-corrected chi connectivity index (χ2v) is 4.89. The zero-order valence-corrected chi connectivity index (χ0v) is 12.6. The average molecular weight is 245 g/mol. The maximum atomic E-state index is 2.48. The summed E-state index contributed by atoms with van der Waals surface area (Å²) in [5.41, 5.74) is 0. The zero-order valence-electron chi connectivity index (χ0n) is 11.8. The minimum absolute atomic E-state index is 1.11. The summed E-state index contributed by atoms with van der Waals surface area (Å²) in [6.45, 7) is 15.7. The topological polar surface area (TPSA) is 6.25 Å². The van der Waals surface area contributed by atoms with Crippen LogP contribution in [0.4, 0.5) is 0 Å². The predicted molar refractivity (Wildman–Crippen MR) is 76.6 cm³/mol. The molecule has 0 rings (SSSR count). The molecule has 0 bridgehead atoms. The van der Waals surface area contributed by atoms with Gasteiger partial charge >= 0.3 is 5.17 Å². The molecule has 0 radical (unpaired) electrons. The molecule has 0 spiro atoms. The summed E-state index contributed by atoms with van der Waals surface area (Å²) in [5, 5.41) is 1.48. The SMILES string of the molecule is CCCCSC(N(CC)CC)=[N+](CC)CC. The Bertz CT molecular complexity index is 192. The van der Waals surface area contributed by atoms with Gasteiger partial charge in [0.05, 0.1) is 26.2 Å². The Morgan fingerprint density at radius 3 is 1.94 bits per heavy atom. The summed E-state index contributed by atoms with van der Waals surface area (Å²) in [7, 11) is 0. The Kier molecular flexibility index (Phi) is 9.89. The summed E-state index contributed by atoms with van der Waals surface area (Å²) in [6, 6.07) is 0. The van der Waals surface area contributed by atoms with Crippen molar-refractivity contribution in [2.75, 3.05) is 31.9 Å². The van der Waals surface area contributed by atoms with Crippen LogP contribution in [0.5, 0.6) is 0 Å². The quantitative estimate of drug-likeness (QED) is 0.294. The fourth-order valence-electron chi connectivity index (χ4n) is 1.68. The van der Waals surface area contributed by atoms with Gasteiger partial charge in [0.15, 0.2) is 0 Å². The van der Waals surface area contributed by atoms with Crippen molar-refractivity contribution < 1.29 is 4.58 Å². The Morgan fingerprint density at radius 2 is 1.56 bits per heavy atom. The minimum atomic E-state index is 1.11. The van der Waals surface area contributed by atoms with Crippen LogP contribution in [-0.2, 0) is 0 Å². The van der Waals surface area contributed by atoms with Crippen LogP contribution in [0.15, 0.2) is 0 Å². The first-order chi connectivity index (χ1) is 7.74. The molecule has 0 fully saturated rings. The number of thioether (sulfide) groups is 1. The number of hydrogen-bond acceptors (Lipinski definition) is 1. The number of rotatable bonds is 7. The van der Waals surface area contributed by atoms with Crippen molar-refractivity contribution in [1.82, 2.24) is 4.90 Å². The monoisotopic (exact) mass is 245 g/mol. The molecule has 0 atom stereocenters. The molecule has 0 amide bonds. The molecule has 0 saturated carbocycles. The van der Waals surface area contributed by atoms with Crippen LogP contribution < -0.4 is 0 Å². The highest BCUT2D eigenvalue weighted by atomic mass is 32.2. The van der Waals surface area contributed by atoms with Gasteiger partial charge in [0, 0.05) is 5.75 Å². The summed E-state index contributed by atoms with van der Waals surface area (Å²) >= 11 is 2.03. The summed E-state index contributed by atoms with van der Waals surface area (Å²) in [6.07, 6.45) is 2.60. The summed E-state index contributed by atoms with van der Waals surface area (Å²) in [5.74, 6) is 1.25. The van der Waals surface area contributed by atoms with E-state index in [1.807, 2.05) is 11.8 Å². The van der Waals surface area contributed by atoms with E-state index >= 15 is 0 Å². The molecular formula is C13H29N2S+. The van der Waals surface area contributed by atoms with Gasteiger partial charge in [-0.05, 0) is 45.9 Å². The molecule has 0 unspecified atom stereocenters. The average Bonchev–Trinajstić information content (AvgIpc) is 2.31. The van der Waals surface area contributed by atoms with Gasteiger partial charge in [-0.15, -0.1) is 0 Å². The van der Waals surface area contributed by atoms with E-state index in [4.69, 9.17) is 0 Å². The lowest BCUT2D eigenvalue weighted by Crippen LogP contribution is -2.36. The highest BCUT2D eigenvalue weighted by Gasteiger charge is 2.19. The fourth-order valence-corrected chi connectivity index (χ4v) is 3.18. The standard InChI is InChI=1S/C13H29N2S/c1-6-11-12-16-13(14(7-2)8-3)15(9-4)10-5/h6-12H2,1-5H3/q+1. The van der Waals surface area contributed by atoms with E-state index < -0.39 is 0 Å². The van der Waals surface area contributed by atoms with E-state index in [2.05, 4.69) is 44.1 Å². The molecule has 0 saturated heterocycles. The van der Waals surface area contributed by atoms with E-state index in [-0.39, 0.29) is 0 Å². The van der Waals surface area contributed by atoms with E-state index in [0.29, 0.717) is 0 Å². The second kappa shape index (κ2) is 10.0. The normalized spacial score (nSPS) is 10.3. The number of amidine groups is 1. The second-order valence-electron chi connectivity index (χ2n) is 3.83. The van der Waals surface area contributed by atoms with Crippen LogP contribution in [0.3, 0.4) is 0 Å². The molecule has 0 aliphatic rings. The van der Waals surface area contributed by atoms with Crippen molar-refractivity contribution in [3.63, 3.8) is 0 Å². The first-order valence-electron chi connectivity index (χ1n) is 6.74. The third kappa shape index (κ3) is 5.24. The smallest absolute Gasteiger partial charge is 0.257 e. The first-order valence-corrected chi connectivity index (χ1v) is 7.73. The van der Waals surface area contributed by atoms with Crippen molar-refractivity contribution in [2.45, 2.75) is 47.5 Å². The van der Waals surface area contributed by atoms with Crippen molar-refractivity contribution in [2.24, 2.45) is 0 Å². The van der Waals surface area contributed by atoms with E-state index in [1.165, 1.54) is 23.8 Å². The van der Waals surface area contributed by atoms with E-state index in [1.54, 1.807) is 0 Å². The Hall–Kier alpha value is -0.180. The Balaban J connectivity index is 4.66. The molecule has 0 heterocycles. The van der Waals surface area contributed by atoms with Crippen LogP contribution in [0.2, 0.25) is 0 Å². The number of unbranched alkanes of at least 4 members (excludes halogenated alkanes) is 1. The van der Waals surface area contributed by atoms with Crippen molar-refractivity contribution in [3.8, 4) is 0 Å². The van der Waals surface area contributed by atoms with E-state index in [0.717, 1.165) is 26.2 Å². The maximum Gasteiger partial charge on any atom is 0.308 e. The predicted octanol–water partition coefficient (Wildman–Crippen LogP) is 3.27. The lowest BCUT2D eigenvalue weighted by molar-refractivity contribution is -0.522. The highest BCUT2D eigenvalue weighted by molar-refractivity contribution is 8.13. The van der Waals surface area contributed by atoms with Gasteiger partial charge < -0.3 is 0 Å². The highest BCUT2D eigenvalue weighted by Crippen LogP contribution is 2.11. The van der Waals surface area contributed by atoms with Gasteiger partial charge in [-0.3, -0.25) is 9.48 Å². The van der Waals surface area contributed by atoms with Crippen LogP contribution in [0.25, 0.3) is 0 Å². The maximum absolute atomic E-state index is 2.48. The van der Waals surface area contributed by atoms with Crippen LogP contribution in [0.1, 0.15) is 47.5 Å². The molecule has 2 nitrogen and oxygen atoms in total. The first kappa shape index (κ1) is 15.8. The molecular weight excluding hydrogens is 216 g/mol. The van der Waals surface area contributed by atoms with Crippen molar-refractivity contribution in [3.05, 3.63) is 0 Å². The number of nitrogens with zero attached hydrogens (tertiary/aromatic N) is 2. The molecule has 0 aromatic rings. The molecule has 0 N–H and O–H groups in total. The van der Waals surface area contributed by atoms with Crippen LogP contribution in [-0.4, -0.2) is 46.6 Å². The van der Waals surface area contributed by atoms with Crippen molar-refractivity contribution >= 4 is 16.9 Å². The van der Waals surface area contributed by atoms with Gasteiger partial charge in [-0.25, -0.2) is 0 Å². The van der Waals surface area contributed by atoms with Gasteiger partial charge in [0.2, 0.25) is 0 Å². The molecule has 0 aromatic heterocycles. The molecule has 16 heavy (non-hydrogen) atoms. The molecule has 0 aromatic carbocycles. The van der Waals surface area contributed by atoms with Crippen molar-refractivity contribution in [1.29, 1.82) is 0 Å². The molecule has 3 heteroatoms. The van der Waals surface area contributed by atoms with Gasteiger partial charge in [0.1, 0.15) is 0 Å². The summed E-state index contributed by atoms with van der Waals surface area (Å²) in [4.78, 5) is 2.48. The van der Waals surface area contributed by atoms with Gasteiger partial charge in [0.25, 0.3) is 0 Å². The summed E-state index contributed by atoms with van der Waals surface area (Å²) < 4.78 is 2.48. The van der Waals surface area contributed by atoms with E-state index in [9.17, 15) is 0 Å². The third-order valence-corrected chi connectivity index (χ3v) is 4.06. The third-order valence-electron chi connectivity index (χ3n) is 2.80. The molecule has 0 aliphatic carbocycles. The van der Waals surface area contributed by atoms with Gasteiger partial charge in [-0.1, -0.05) is 13.3 Å². The molecule has 96 valence electrons. The number of hydrogen-bond donors (Lipinski definition) is 0. The lowest BCUT2D eigenvalue weighted by Gasteiger charge is -2.18. The fraction of sp³-hybridized carbons (Fsp3) is 0.923. The zero-order chi connectivity index (χ0) is 12.4. The van der Waals surface area contributed by atoms with Crippen LogP contribution >= 0.6 is 11.8 Å². The van der Waals surface area contributed by atoms with Crippen LogP contribution in [0, 0.1) is 0 Å². The van der Waals surface area contributed by atoms with Gasteiger partial charge in [-0.2, -0.15) is 0 Å².